The Morgan fingerprint density at radius 2 is 2.21 bits per heavy atom. The van der Waals surface area contributed by atoms with E-state index in [2.05, 4.69) is 24.8 Å². The van der Waals surface area contributed by atoms with Crippen molar-refractivity contribution in [3.8, 4) is 0 Å². The van der Waals surface area contributed by atoms with E-state index in [9.17, 15) is 0 Å². The lowest BCUT2D eigenvalue weighted by atomic mass is 9.83. The molecule has 4 atom stereocenters. The summed E-state index contributed by atoms with van der Waals surface area (Å²) in [5, 5.41) is 0. The van der Waals surface area contributed by atoms with Crippen LogP contribution in [0.2, 0.25) is 0 Å². The molecule has 0 saturated carbocycles. The molecule has 0 N–H and O–H groups in total. The summed E-state index contributed by atoms with van der Waals surface area (Å²) in [5.41, 5.74) is 2.30. The van der Waals surface area contributed by atoms with Gasteiger partial charge in [0.2, 0.25) is 0 Å². The van der Waals surface area contributed by atoms with Crippen molar-refractivity contribution in [2.45, 2.75) is 23.9 Å². The summed E-state index contributed by atoms with van der Waals surface area (Å²) in [6, 6.07) is 8.35. The predicted molar refractivity (Wildman–Crippen MR) is 50.8 cm³/mol. The largest absolute Gasteiger partial charge is 0.362 e. The maximum Gasteiger partial charge on any atom is 0.141 e. The molecule has 2 fully saturated rings. The maximum absolute atomic E-state index is 5.75. The molecule has 14 heavy (non-hydrogen) atoms. The van der Waals surface area contributed by atoms with Gasteiger partial charge in [0.1, 0.15) is 23.9 Å². The van der Waals surface area contributed by atoms with Crippen molar-refractivity contribution >= 4 is 0 Å². The molecule has 70 valence electrons. The van der Waals surface area contributed by atoms with Gasteiger partial charge >= 0.3 is 0 Å². The molecule has 2 heterocycles. The molecule has 2 nitrogen and oxygen atoms in total. The van der Waals surface area contributed by atoms with Crippen molar-refractivity contribution in [3.63, 3.8) is 0 Å². The van der Waals surface area contributed by atoms with E-state index >= 15 is 0 Å². The summed E-state index contributed by atoms with van der Waals surface area (Å²) >= 11 is 0. The second-order valence-electron chi connectivity index (χ2n) is 4.14. The zero-order valence-electron chi connectivity index (χ0n) is 7.64. The summed E-state index contributed by atoms with van der Waals surface area (Å²) in [4.78, 5) is 0. The second kappa shape index (κ2) is 1.95. The average molecular weight is 186 g/mol. The maximum atomic E-state index is 5.75. The van der Waals surface area contributed by atoms with Crippen LogP contribution in [0.25, 0.3) is 0 Å². The quantitative estimate of drug-likeness (QED) is 0.494. The SMILES string of the molecule is C=CC12OC1C1OC1c1ccccc12. The Labute approximate surface area is 82.1 Å². The van der Waals surface area contributed by atoms with Gasteiger partial charge in [-0.15, -0.1) is 0 Å². The lowest BCUT2D eigenvalue weighted by molar-refractivity contribution is 0.290. The van der Waals surface area contributed by atoms with Gasteiger partial charge in [-0.05, 0) is 11.1 Å². The molecule has 2 heteroatoms. The predicted octanol–water partition coefficient (Wildman–Crippen LogP) is 1.92. The zero-order valence-corrected chi connectivity index (χ0v) is 7.64. The summed E-state index contributed by atoms with van der Waals surface area (Å²) in [6.45, 7) is 3.87. The van der Waals surface area contributed by atoms with E-state index in [1.165, 1.54) is 11.1 Å². The van der Waals surface area contributed by atoms with E-state index in [0.29, 0.717) is 0 Å². The van der Waals surface area contributed by atoms with Gasteiger partial charge in [-0.3, -0.25) is 0 Å². The summed E-state index contributed by atoms with van der Waals surface area (Å²) < 4.78 is 11.4. The Morgan fingerprint density at radius 3 is 3.07 bits per heavy atom. The molecule has 0 radical (unpaired) electrons. The molecule has 4 unspecified atom stereocenters. The second-order valence-corrected chi connectivity index (χ2v) is 4.14. The van der Waals surface area contributed by atoms with Gasteiger partial charge in [-0.2, -0.15) is 0 Å². The van der Waals surface area contributed by atoms with E-state index in [1.54, 1.807) is 0 Å². The van der Waals surface area contributed by atoms with Crippen LogP contribution in [0, 0.1) is 0 Å². The van der Waals surface area contributed by atoms with Crippen LogP contribution in [0.15, 0.2) is 36.9 Å². The van der Waals surface area contributed by atoms with E-state index in [0.717, 1.165) is 0 Å². The minimum atomic E-state index is -0.228. The van der Waals surface area contributed by atoms with Crippen molar-refractivity contribution in [1.29, 1.82) is 0 Å². The topological polar surface area (TPSA) is 25.1 Å². The first kappa shape index (κ1) is 7.21. The Hall–Kier alpha value is -1.12. The van der Waals surface area contributed by atoms with Gasteiger partial charge in [0, 0.05) is 0 Å². The van der Waals surface area contributed by atoms with Crippen LogP contribution in [-0.2, 0) is 15.1 Å². The van der Waals surface area contributed by atoms with Crippen LogP contribution in [0.5, 0.6) is 0 Å². The summed E-state index contributed by atoms with van der Waals surface area (Å²) in [6.07, 6.45) is 2.70. The highest BCUT2D eigenvalue weighted by molar-refractivity contribution is 5.49. The van der Waals surface area contributed by atoms with Gasteiger partial charge in [0.25, 0.3) is 0 Å². The summed E-state index contributed by atoms with van der Waals surface area (Å²) in [5.74, 6) is 0. The van der Waals surface area contributed by atoms with Crippen molar-refractivity contribution in [3.05, 3.63) is 48.0 Å². The number of epoxide rings is 2. The highest BCUT2D eigenvalue weighted by Crippen LogP contribution is 2.64. The number of hydrogen-bond acceptors (Lipinski definition) is 2. The van der Waals surface area contributed by atoms with Crippen LogP contribution in [0.1, 0.15) is 17.2 Å². The number of hydrogen-bond donors (Lipinski definition) is 0. The fraction of sp³-hybridized carbons (Fsp3) is 0.333. The monoisotopic (exact) mass is 186 g/mol. The third kappa shape index (κ3) is 0.606. The minimum Gasteiger partial charge on any atom is -0.362 e. The van der Waals surface area contributed by atoms with Crippen molar-refractivity contribution in [2.75, 3.05) is 0 Å². The Kier molecular flexibility index (Phi) is 1.00. The lowest BCUT2D eigenvalue weighted by Crippen LogP contribution is -2.20. The molecule has 2 saturated heterocycles. The van der Waals surface area contributed by atoms with Crippen molar-refractivity contribution in [1.82, 2.24) is 0 Å². The molecular weight excluding hydrogens is 176 g/mol. The molecule has 0 amide bonds. The Balaban J connectivity index is 2.00. The van der Waals surface area contributed by atoms with E-state index in [4.69, 9.17) is 9.47 Å². The standard InChI is InChI=1S/C12H10O2/c1-2-12-8-6-4-3-5-7(8)9-10(13-9)11(12)14-12/h2-6,9-11H,1H2. The van der Waals surface area contributed by atoms with Crippen LogP contribution in [0.4, 0.5) is 0 Å². The first-order valence-electron chi connectivity index (χ1n) is 4.93. The third-order valence-electron chi connectivity index (χ3n) is 3.50. The minimum absolute atomic E-state index is 0.222. The third-order valence-corrected chi connectivity index (χ3v) is 3.50. The van der Waals surface area contributed by atoms with Crippen molar-refractivity contribution < 1.29 is 9.47 Å². The molecular formula is C12H10O2. The Bertz CT molecular complexity index is 440. The molecule has 0 spiro atoms. The molecule has 3 aliphatic rings. The zero-order chi connectivity index (χ0) is 9.34. The molecule has 0 aromatic heterocycles. The van der Waals surface area contributed by atoms with E-state index < -0.39 is 0 Å². The van der Waals surface area contributed by atoms with Crippen LogP contribution >= 0.6 is 0 Å². The van der Waals surface area contributed by atoms with Crippen LogP contribution in [-0.4, -0.2) is 12.2 Å². The van der Waals surface area contributed by atoms with Gasteiger partial charge in [0.15, 0.2) is 0 Å². The van der Waals surface area contributed by atoms with E-state index in [-0.39, 0.29) is 23.9 Å². The number of rotatable bonds is 1. The molecule has 1 aliphatic carbocycles. The lowest BCUT2D eigenvalue weighted by Gasteiger charge is -2.15. The normalized spacial score (nSPS) is 45.9. The van der Waals surface area contributed by atoms with Gasteiger partial charge < -0.3 is 9.47 Å². The highest BCUT2D eigenvalue weighted by atomic mass is 16.7. The fourth-order valence-electron chi connectivity index (χ4n) is 2.68. The smallest absolute Gasteiger partial charge is 0.141 e. The number of benzene rings is 1. The Morgan fingerprint density at radius 1 is 1.36 bits per heavy atom. The van der Waals surface area contributed by atoms with Crippen molar-refractivity contribution in [2.24, 2.45) is 0 Å². The number of ether oxygens (including phenoxy) is 2. The first-order valence-corrected chi connectivity index (χ1v) is 4.93. The van der Waals surface area contributed by atoms with Crippen LogP contribution < -0.4 is 0 Å². The van der Waals surface area contributed by atoms with E-state index in [1.807, 2.05) is 12.1 Å². The average Bonchev–Trinajstić information content (AvgIpc) is 3.11. The summed E-state index contributed by atoms with van der Waals surface area (Å²) in [7, 11) is 0. The molecule has 2 aliphatic heterocycles. The molecule has 1 aromatic carbocycles. The molecule has 4 rings (SSSR count). The van der Waals surface area contributed by atoms with Gasteiger partial charge in [-0.25, -0.2) is 0 Å². The van der Waals surface area contributed by atoms with Crippen LogP contribution in [0.3, 0.4) is 0 Å². The fourth-order valence-corrected chi connectivity index (χ4v) is 2.68. The molecule has 0 bridgehead atoms. The van der Waals surface area contributed by atoms with Gasteiger partial charge in [0.05, 0.1) is 0 Å². The van der Waals surface area contributed by atoms with Gasteiger partial charge in [-0.1, -0.05) is 36.9 Å². The number of fused-ring (bicyclic) bond motifs is 6. The molecule has 1 aromatic rings. The highest BCUT2D eigenvalue weighted by Gasteiger charge is 2.71. The first-order chi connectivity index (χ1) is 6.87.